The molecule has 0 aromatic heterocycles. The lowest BCUT2D eigenvalue weighted by Gasteiger charge is -2.25. The SMILES string of the molecule is Cc1cccc(S(=O)(=O)N(Cc2ccccc2F)c2ccc(Cl)cc2)c1. The molecule has 0 aliphatic heterocycles. The number of benzene rings is 3. The Bertz CT molecular complexity index is 1020. The molecular weight excluding hydrogens is 373 g/mol. The van der Waals surface area contributed by atoms with Crippen molar-refractivity contribution in [3.05, 3.63) is 94.8 Å². The molecule has 0 radical (unpaired) electrons. The first kappa shape index (κ1) is 18.4. The molecule has 0 saturated carbocycles. The van der Waals surface area contributed by atoms with Gasteiger partial charge in [0, 0.05) is 10.6 Å². The van der Waals surface area contributed by atoms with Crippen LogP contribution in [-0.4, -0.2) is 8.42 Å². The fourth-order valence-corrected chi connectivity index (χ4v) is 4.28. The molecule has 0 amide bonds. The molecule has 0 aliphatic carbocycles. The van der Waals surface area contributed by atoms with E-state index in [4.69, 9.17) is 11.6 Å². The number of halogens is 2. The maximum Gasteiger partial charge on any atom is 0.264 e. The van der Waals surface area contributed by atoms with Crippen molar-refractivity contribution in [3.63, 3.8) is 0 Å². The third kappa shape index (κ3) is 3.89. The van der Waals surface area contributed by atoms with Crippen molar-refractivity contribution >= 4 is 27.3 Å². The third-order valence-corrected chi connectivity index (χ3v) is 5.99. The number of rotatable bonds is 5. The molecule has 0 heterocycles. The van der Waals surface area contributed by atoms with E-state index >= 15 is 0 Å². The lowest BCUT2D eigenvalue weighted by Crippen LogP contribution is -2.31. The van der Waals surface area contributed by atoms with E-state index in [1.54, 1.807) is 54.6 Å². The molecule has 26 heavy (non-hydrogen) atoms. The Kier molecular flexibility index (Phi) is 5.30. The van der Waals surface area contributed by atoms with Crippen molar-refractivity contribution in [2.75, 3.05) is 4.31 Å². The summed E-state index contributed by atoms with van der Waals surface area (Å²) in [6.45, 7) is 1.70. The maximum absolute atomic E-state index is 14.1. The molecule has 3 aromatic rings. The first-order valence-corrected chi connectivity index (χ1v) is 9.78. The first-order valence-electron chi connectivity index (χ1n) is 7.96. The van der Waals surface area contributed by atoms with Crippen LogP contribution < -0.4 is 4.31 Å². The van der Waals surface area contributed by atoms with Gasteiger partial charge in [0.25, 0.3) is 10.0 Å². The highest BCUT2D eigenvalue weighted by Crippen LogP contribution is 2.28. The van der Waals surface area contributed by atoms with Crippen molar-refractivity contribution in [1.82, 2.24) is 0 Å². The van der Waals surface area contributed by atoms with Crippen molar-refractivity contribution < 1.29 is 12.8 Å². The minimum atomic E-state index is -3.88. The first-order chi connectivity index (χ1) is 12.4. The Morgan fingerprint density at radius 3 is 2.31 bits per heavy atom. The number of nitrogens with zero attached hydrogens (tertiary/aromatic N) is 1. The molecule has 0 N–H and O–H groups in total. The molecule has 3 aromatic carbocycles. The van der Waals surface area contributed by atoms with Gasteiger partial charge in [-0.25, -0.2) is 12.8 Å². The van der Waals surface area contributed by atoms with Crippen molar-refractivity contribution in [3.8, 4) is 0 Å². The van der Waals surface area contributed by atoms with Crippen molar-refractivity contribution in [1.29, 1.82) is 0 Å². The molecule has 0 unspecified atom stereocenters. The molecule has 0 aliphatic rings. The van der Waals surface area contributed by atoms with E-state index in [2.05, 4.69) is 0 Å². The van der Waals surface area contributed by atoms with Crippen LogP contribution in [0.5, 0.6) is 0 Å². The highest BCUT2D eigenvalue weighted by molar-refractivity contribution is 7.92. The fraction of sp³-hybridized carbons (Fsp3) is 0.100. The van der Waals surface area contributed by atoms with Crippen LogP contribution in [0.4, 0.5) is 10.1 Å². The molecule has 0 fully saturated rings. The molecule has 0 bridgehead atoms. The van der Waals surface area contributed by atoms with Crippen LogP contribution in [0.1, 0.15) is 11.1 Å². The summed E-state index contributed by atoms with van der Waals surface area (Å²) in [5.41, 5.74) is 1.53. The average molecular weight is 390 g/mol. The predicted octanol–water partition coefficient (Wildman–Crippen LogP) is 5.18. The largest absolute Gasteiger partial charge is 0.264 e. The highest BCUT2D eigenvalue weighted by Gasteiger charge is 2.26. The molecule has 3 nitrogen and oxygen atoms in total. The van der Waals surface area contributed by atoms with Gasteiger partial charge in [-0.1, -0.05) is 41.9 Å². The molecular formula is C20H17ClFNO2S. The zero-order chi connectivity index (χ0) is 18.7. The summed E-state index contributed by atoms with van der Waals surface area (Å²) in [4.78, 5) is 0.156. The van der Waals surface area contributed by atoms with E-state index in [0.29, 0.717) is 16.3 Å². The smallest absolute Gasteiger partial charge is 0.262 e. The van der Waals surface area contributed by atoms with Crippen LogP contribution in [0.25, 0.3) is 0 Å². The van der Waals surface area contributed by atoms with E-state index < -0.39 is 15.8 Å². The topological polar surface area (TPSA) is 37.4 Å². The van der Waals surface area contributed by atoms with Gasteiger partial charge < -0.3 is 0 Å². The van der Waals surface area contributed by atoms with Gasteiger partial charge >= 0.3 is 0 Å². The van der Waals surface area contributed by atoms with E-state index in [9.17, 15) is 12.8 Å². The quantitative estimate of drug-likeness (QED) is 0.602. The Morgan fingerprint density at radius 2 is 1.65 bits per heavy atom. The van der Waals surface area contributed by atoms with Gasteiger partial charge in [0.05, 0.1) is 17.1 Å². The minimum absolute atomic E-state index is 0.120. The standard InChI is InChI=1S/C20H17ClFNO2S/c1-15-5-4-7-19(13-15)26(24,25)23(18-11-9-17(21)10-12-18)14-16-6-2-3-8-20(16)22/h2-13H,14H2,1H3. The van der Waals surface area contributed by atoms with Crippen LogP contribution >= 0.6 is 11.6 Å². The summed E-state index contributed by atoms with van der Waals surface area (Å²) in [5.74, 6) is -0.453. The van der Waals surface area contributed by atoms with Crippen LogP contribution in [0.2, 0.25) is 5.02 Å². The Labute approximate surface area is 157 Å². The lowest BCUT2D eigenvalue weighted by atomic mass is 10.2. The molecule has 3 rings (SSSR count). The lowest BCUT2D eigenvalue weighted by molar-refractivity contribution is 0.585. The van der Waals surface area contributed by atoms with Crippen LogP contribution in [-0.2, 0) is 16.6 Å². The molecule has 0 atom stereocenters. The average Bonchev–Trinajstić information content (AvgIpc) is 2.62. The summed E-state index contributed by atoms with van der Waals surface area (Å²) in [6, 6.07) is 19.2. The van der Waals surface area contributed by atoms with Gasteiger partial charge in [0.15, 0.2) is 0 Å². The van der Waals surface area contributed by atoms with E-state index in [-0.39, 0.29) is 11.4 Å². The van der Waals surface area contributed by atoms with Gasteiger partial charge in [-0.2, -0.15) is 0 Å². The Morgan fingerprint density at radius 1 is 0.962 bits per heavy atom. The molecule has 134 valence electrons. The molecule has 0 spiro atoms. The molecule has 0 saturated heterocycles. The number of hydrogen-bond donors (Lipinski definition) is 0. The molecule has 6 heteroatoms. The van der Waals surface area contributed by atoms with Crippen molar-refractivity contribution in [2.24, 2.45) is 0 Å². The summed E-state index contributed by atoms with van der Waals surface area (Å²) in [7, 11) is -3.88. The number of aryl methyl sites for hydroxylation is 1. The summed E-state index contributed by atoms with van der Waals surface area (Å²) >= 11 is 5.93. The van der Waals surface area contributed by atoms with Gasteiger partial charge in [-0.05, 0) is 55.0 Å². The third-order valence-electron chi connectivity index (χ3n) is 3.96. The number of hydrogen-bond acceptors (Lipinski definition) is 2. The number of sulfonamides is 1. The van der Waals surface area contributed by atoms with E-state index in [0.717, 1.165) is 5.56 Å². The van der Waals surface area contributed by atoms with Crippen LogP contribution in [0.3, 0.4) is 0 Å². The Hall–Kier alpha value is -2.37. The summed E-state index contributed by atoms with van der Waals surface area (Å²) in [6.07, 6.45) is 0. The minimum Gasteiger partial charge on any atom is -0.262 e. The van der Waals surface area contributed by atoms with Crippen LogP contribution in [0.15, 0.2) is 77.7 Å². The van der Waals surface area contributed by atoms with E-state index in [1.807, 2.05) is 13.0 Å². The van der Waals surface area contributed by atoms with Gasteiger partial charge in [0.1, 0.15) is 5.82 Å². The van der Waals surface area contributed by atoms with Gasteiger partial charge in [0.2, 0.25) is 0 Å². The van der Waals surface area contributed by atoms with Gasteiger partial charge in [-0.3, -0.25) is 4.31 Å². The maximum atomic E-state index is 14.1. The highest BCUT2D eigenvalue weighted by atomic mass is 35.5. The number of anilines is 1. The van der Waals surface area contributed by atoms with E-state index in [1.165, 1.54) is 16.4 Å². The predicted molar refractivity (Wildman–Crippen MR) is 102 cm³/mol. The second-order valence-corrected chi connectivity index (χ2v) is 8.19. The fourth-order valence-electron chi connectivity index (χ4n) is 2.61. The zero-order valence-corrected chi connectivity index (χ0v) is 15.6. The zero-order valence-electron chi connectivity index (χ0n) is 14.1. The second kappa shape index (κ2) is 7.48. The van der Waals surface area contributed by atoms with Crippen molar-refractivity contribution in [2.45, 2.75) is 18.4 Å². The summed E-state index contributed by atoms with van der Waals surface area (Å²) in [5, 5.41) is 0.493. The normalized spacial score (nSPS) is 11.3. The summed E-state index contributed by atoms with van der Waals surface area (Å²) < 4.78 is 41.8. The van der Waals surface area contributed by atoms with Gasteiger partial charge in [-0.15, -0.1) is 0 Å². The van der Waals surface area contributed by atoms with Crippen LogP contribution in [0, 0.1) is 12.7 Å². The monoisotopic (exact) mass is 389 g/mol. The Balaban J connectivity index is 2.11. The second-order valence-electron chi connectivity index (χ2n) is 5.90.